The maximum atomic E-state index is 5.20. The van der Waals surface area contributed by atoms with Gasteiger partial charge >= 0.3 is 0 Å². The summed E-state index contributed by atoms with van der Waals surface area (Å²) < 4.78 is 5.20. The molecule has 1 N–H and O–H groups in total. The summed E-state index contributed by atoms with van der Waals surface area (Å²) in [5.74, 6) is 0.651. The summed E-state index contributed by atoms with van der Waals surface area (Å²) in [6.07, 6.45) is 7.68. The van der Waals surface area contributed by atoms with Crippen LogP contribution in [0.25, 0.3) is 0 Å². The van der Waals surface area contributed by atoms with Crippen LogP contribution < -0.4 is 10.1 Å². The van der Waals surface area contributed by atoms with Gasteiger partial charge in [0.1, 0.15) is 5.69 Å². The first-order valence-electron chi connectivity index (χ1n) is 6.39. The normalized spacial score (nSPS) is 12.4. The van der Waals surface area contributed by atoms with Crippen LogP contribution in [0.2, 0.25) is 0 Å². The van der Waals surface area contributed by atoms with Crippen LogP contribution in [0.1, 0.15) is 38.8 Å². The van der Waals surface area contributed by atoms with Crippen LogP contribution in [-0.2, 0) is 6.42 Å². The maximum absolute atomic E-state index is 5.20. The fraction of sp³-hybridized carbons (Fsp3) is 0.692. The second-order valence-corrected chi connectivity index (χ2v) is 4.11. The van der Waals surface area contributed by atoms with E-state index < -0.39 is 0 Å². The first-order valence-corrected chi connectivity index (χ1v) is 6.39. The third kappa shape index (κ3) is 4.69. The third-order valence-electron chi connectivity index (χ3n) is 2.83. The summed E-state index contributed by atoms with van der Waals surface area (Å²) in [5, 5.41) is 3.54. The first kappa shape index (κ1) is 13.9. The third-order valence-corrected chi connectivity index (χ3v) is 2.83. The van der Waals surface area contributed by atoms with Gasteiger partial charge in [0.2, 0.25) is 5.88 Å². The van der Waals surface area contributed by atoms with Crippen molar-refractivity contribution in [2.75, 3.05) is 13.7 Å². The van der Waals surface area contributed by atoms with Crippen molar-refractivity contribution in [1.29, 1.82) is 0 Å². The lowest BCUT2D eigenvalue weighted by Crippen LogP contribution is -2.29. The topological polar surface area (TPSA) is 47.0 Å². The van der Waals surface area contributed by atoms with Gasteiger partial charge in [-0.15, -0.1) is 0 Å². The summed E-state index contributed by atoms with van der Waals surface area (Å²) in [6, 6.07) is 0.557. The molecule has 17 heavy (non-hydrogen) atoms. The van der Waals surface area contributed by atoms with E-state index in [1.807, 2.05) is 0 Å². The Kier molecular flexibility index (Phi) is 6.55. The van der Waals surface area contributed by atoms with E-state index in [2.05, 4.69) is 29.1 Å². The molecule has 1 atom stereocenters. The van der Waals surface area contributed by atoms with Gasteiger partial charge in [-0.3, -0.25) is 4.98 Å². The summed E-state index contributed by atoms with van der Waals surface area (Å²) in [4.78, 5) is 8.48. The summed E-state index contributed by atoms with van der Waals surface area (Å²) >= 11 is 0. The Balaban J connectivity index is 2.47. The zero-order chi connectivity index (χ0) is 12.5. The van der Waals surface area contributed by atoms with Crippen LogP contribution in [0.3, 0.4) is 0 Å². The predicted molar refractivity (Wildman–Crippen MR) is 69.3 cm³/mol. The van der Waals surface area contributed by atoms with Gasteiger partial charge in [-0.1, -0.05) is 13.8 Å². The molecule has 4 nitrogen and oxygen atoms in total. The highest BCUT2D eigenvalue weighted by atomic mass is 16.5. The minimum atomic E-state index is 0.557. The van der Waals surface area contributed by atoms with Gasteiger partial charge in [-0.05, 0) is 32.2 Å². The molecule has 0 bridgehead atoms. The molecule has 0 aliphatic heterocycles. The molecule has 1 unspecified atom stereocenters. The molecule has 0 aliphatic rings. The number of rotatable bonds is 8. The molecule has 0 spiro atoms. The summed E-state index contributed by atoms with van der Waals surface area (Å²) in [6.45, 7) is 5.47. The van der Waals surface area contributed by atoms with E-state index in [0.717, 1.165) is 31.5 Å². The molecule has 0 saturated carbocycles. The highest BCUT2D eigenvalue weighted by Crippen LogP contribution is 2.14. The molecule has 1 aromatic heterocycles. The zero-order valence-electron chi connectivity index (χ0n) is 11.1. The van der Waals surface area contributed by atoms with Crippen molar-refractivity contribution >= 4 is 0 Å². The van der Waals surface area contributed by atoms with Gasteiger partial charge in [-0.2, -0.15) is 0 Å². The minimum Gasteiger partial charge on any atom is -0.480 e. The molecule has 0 radical (unpaired) electrons. The second kappa shape index (κ2) is 8.01. The number of nitrogens with zero attached hydrogens (tertiary/aromatic N) is 2. The molecule has 1 aromatic rings. The van der Waals surface area contributed by atoms with Crippen LogP contribution >= 0.6 is 0 Å². The second-order valence-electron chi connectivity index (χ2n) is 4.11. The lowest BCUT2D eigenvalue weighted by Gasteiger charge is -2.16. The molecular weight excluding hydrogens is 214 g/mol. The first-order chi connectivity index (χ1) is 8.31. The van der Waals surface area contributed by atoms with E-state index in [1.54, 1.807) is 19.5 Å². The van der Waals surface area contributed by atoms with Crippen LogP contribution in [0, 0.1) is 0 Å². The number of aromatic nitrogens is 2. The number of aryl methyl sites for hydroxylation is 1. The monoisotopic (exact) mass is 237 g/mol. The lowest BCUT2D eigenvalue weighted by atomic mass is 10.1. The Morgan fingerprint density at radius 3 is 2.71 bits per heavy atom. The standard InChI is InChI=1S/C13H23N3O/c1-4-8-14-11(5-2)6-7-12-13(17-3)16-10-9-15-12/h9-11,14H,4-8H2,1-3H3. The van der Waals surface area contributed by atoms with Crippen molar-refractivity contribution in [3.05, 3.63) is 18.1 Å². The quantitative estimate of drug-likeness (QED) is 0.753. The molecule has 1 heterocycles. The van der Waals surface area contributed by atoms with Crippen molar-refractivity contribution < 1.29 is 4.74 Å². The average molecular weight is 237 g/mol. The van der Waals surface area contributed by atoms with Crippen molar-refractivity contribution in [3.63, 3.8) is 0 Å². The molecule has 0 aromatic carbocycles. The fourth-order valence-corrected chi connectivity index (χ4v) is 1.81. The molecule has 0 saturated heterocycles. The number of hydrogen-bond acceptors (Lipinski definition) is 4. The maximum Gasteiger partial charge on any atom is 0.235 e. The van der Waals surface area contributed by atoms with Crippen molar-refractivity contribution in [1.82, 2.24) is 15.3 Å². The molecule has 0 aliphatic carbocycles. The Bertz CT molecular complexity index is 317. The molecule has 1 rings (SSSR count). The van der Waals surface area contributed by atoms with E-state index in [4.69, 9.17) is 4.74 Å². The van der Waals surface area contributed by atoms with Gasteiger partial charge < -0.3 is 10.1 Å². The summed E-state index contributed by atoms with van der Waals surface area (Å²) in [5.41, 5.74) is 0.951. The highest BCUT2D eigenvalue weighted by Gasteiger charge is 2.09. The van der Waals surface area contributed by atoms with E-state index in [0.29, 0.717) is 11.9 Å². The smallest absolute Gasteiger partial charge is 0.235 e. The van der Waals surface area contributed by atoms with Gasteiger partial charge in [0, 0.05) is 18.4 Å². The number of ether oxygens (including phenoxy) is 1. The SMILES string of the molecule is CCCNC(CC)CCc1nccnc1OC. The predicted octanol–water partition coefficient (Wildman–Crippen LogP) is 2.20. The molecule has 96 valence electrons. The van der Waals surface area contributed by atoms with Crippen LogP contribution in [0.15, 0.2) is 12.4 Å². The van der Waals surface area contributed by atoms with Crippen LogP contribution in [0.5, 0.6) is 5.88 Å². The van der Waals surface area contributed by atoms with Gasteiger partial charge in [0.15, 0.2) is 0 Å². The molecule has 0 fully saturated rings. The fourth-order valence-electron chi connectivity index (χ4n) is 1.81. The summed E-state index contributed by atoms with van der Waals surface area (Å²) in [7, 11) is 1.64. The Labute approximate surface area is 104 Å². The molecular formula is C13H23N3O. The van der Waals surface area contributed by atoms with E-state index >= 15 is 0 Å². The Morgan fingerprint density at radius 2 is 2.06 bits per heavy atom. The minimum absolute atomic E-state index is 0.557. The van der Waals surface area contributed by atoms with Gasteiger partial charge in [0.05, 0.1) is 7.11 Å². The number of hydrogen-bond donors (Lipinski definition) is 1. The highest BCUT2D eigenvalue weighted by molar-refractivity contribution is 5.17. The van der Waals surface area contributed by atoms with Crippen LogP contribution in [-0.4, -0.2) is 29.7 Å². The average Bonchev–Trinajstić information content (AvgIpc) is 2.39. The van der Waals surface area contributed by atoms with E-state index in [-0.39, 0.29) is 0 Å². The van der Waals surface area contributed by atoms with Crippen LogP contribution in [0.4, 0.5) is 0 Å². The van der Waals surface area contributed by atoms with E-state index in [9.17, 15) is 0 Å². The molecule has 0 amide bonds. The van der Waals surface area contributed by atoms with Gasteiger partial charge in [0.25, 0.3) is 0 Å². The Morgan fingerprint density at radius 1 is 1.29 bits per heavy atom. The number of methoxy groups -OCH3 is 1. The lowest BCUT2D eigenvalue weighted by molar-refractivity contribution is 0.385. The molecule has 4 heteroatoms. The van der Waals surface area contributed by atoms with Crippen molar-refractivity contribution in [2.45, 2.75) is 45.6 Å². The largest absolute Gasteiger partial charge is 0.480 e. The van der Waals surface area contributed by atoms with Gasteiger partial charge in [-0.25, -0.2) is 4.98 Å². The van der Waals surface area contributed by atoms with E-state index in [1.165, 1.54) is 6.42 Å². The van der Waals surface area contributed by atoms with Crippen molar-refractivity contribution in [2.24, 2.45) is 0 Å². The van der Waals surface area contributed by atoms with Crippen molar-refractivity contribution in [3.8, 4) is 5.88 Å². The number of nitrogens with one attached hydrogen (secondary N) is 1. The Hall–Kier alpha value is -1.16. The zero-order valence-corrected chi connectivity index (χ0v) is 11.1.